The van der Waals surface area contributed by atoms with Crippen LogP contribution in [-0.2, 0) is 0 Å². The van der Waals surface area contributed by atoms with Crippen molar-refractivity contribution in [1.29, 1.82) is 0 Å². The van der Waals surface area contributed by atoms with Gasteiger partial charge in [-0.05, 0) is 15.9 Å². The van der Waals surface area contributed by atoms with E-state index in [1.165, 1.54) is 0 Å². The Bertz CT molecular complexity index is 456. The molecule has 0 spiro atoms. The Kier molecular flexibility index (Phi) is 2.56. The molecule has 1 N–H and O–H groups in total. The highest BCUT2D eigenvalue weighted by Gasteiger charge is 2.24. The van der Waals surface area contributed by atoms with Crippen LogP contribution in [0, 0.1) is 20.2 Å². The fourth-order valence-corrected chi connectivity index (χ4v) is 0.846. The molecule has 0 radical (unpaired) electrons. The number of pyridine rings is 1. The van der Waals surface area contributed by atoms with Crippen molar-refractivity contribution >= 4 is 17.6 Å². The van der Waals surface area contributed by atoms with Crippen molar-refractivity contribution in [2.45, 2.75) is 0 Å². The summed E-state index contributed by atoms with van der Waals surface area (Å²) in [5.41, 5.74) is -0.689. The van der Waals surface area contributed by atoms with Crippen molar-refractivity contribution in [2.24, 2.45) is 0 Å². The number of nitro groups is 2. The van der Waals surface area contributed by atoms with Gasteiger partial charge < -0.3 is 25.3 Å². The van der Waals surface area contributed by atoms with E-state index in [2.05, 4.69) is 4.98 Å². The molecule has 0 aliphatic carbocycles. The lowest BCUT2D eigenvalue weighted by Gasteiger charge is -1.97. The third-order valence-electron chi connectivity index (χ3n) is 1.45. The highest BCUT2D eigenvalue weighted by molar-refractivity contribution is 5.91. The maximum absolute atomic E-state index is 10.5. The van der Waals surface area contributed by atoms with Crippen LogP contribution in [0.3, 0.4) is 0 Å². The van der Waals surface area contributed by atoms with E-state index in [0.29, 0.717) is 0 Å². The second-order valence-electron chi connectivity index (χ2n) is 2.36. The van der Waals surface area contributed by atoms with Crippen LogP contribution in [0.25, 0.3) is 0 Å². The monoisotopic (exact) mass is 213 g/mol. The van der Waals surface area contributed by atoms with E-state index in [4.69, 9.17) is 5.11 Å². The number of hydrogen-bond donors (Lipinski definition) is 1. The number of carboxylic acids is 1. The summed E-state index contributed by atoms with van der Waals surface area (Å²) in [6.45, 7) is 0. The summed E-state index contributed by atoms with van der Waals surface area (Å²) in [7, 11) is 0. The topological polar surface area (TPSA) is 136 Å². The molecule has 9 heteroatoms. The molecule has 0 unspecified atom stereocenters. The molecule has 1 aromatic heterocycles. The molecule has 1 heterocycles. The van der Waals surface area contributed by atoms with Crippen molar-refractivity contribution < 1.29 is 19.7 Å². The van der Waals surface area contributed by atoms with Gasteiger partial charge in [0.05, 0.1) is 0 Å². The van der Waals surface area contributed by atoms with Crippen molar-refractivity contribution in [2.75, 3.05) is 0 Å². The molecule has 0 aromatic carbocycles. The third-order valence-corrected chi connectivity index (χ3v) is 1.45. The molecule has 0 atom stereocenters. The first-order chi connectivity index (χ1) is 6.93. The second kappa shape index (κ2) is 3.65. The maximum atomic E-state index is 10.5. The zero-order valence-corrected chi connectivity index (χ0v) is 6.98. The normalized spacial score (nSPS) is 9.60. The Balaban J connectivity index is 3.40. The molecule has 78 valence electrons. The van der Waals surface area contributed by atoms with Gasteiger partial charge in [-0.2, -0.15) is 0 Å². The van der Waals surface area contributed by atoms with Gasteiger partial charge in [0.25, 0.3) is 0 Å². The lowest BCUT2D eigenvalue weighted by Crippen LogP contribution is -2.06. The summed E-state index contributed by atoms with van der Waals surface area (Å²) >= 11 is 0. The molecule has 0 aliphatic heterocycles. The van der Waals surface area contributed by atoms with E-state index in [1.54, 1.807) is 0 Å². The van der Waals surface area contributed by atoms with E-state index in [0.717, 1.165) is 12.1 Å². The van der Waals surface area contributed by atoms with Crippen molar-refractivity contribution in [1.82, 2.24) is 4.98 Å². The average Bonchev–Trinajstić information content (AvgIpc) is 2.16. The summed E-state index contributed by atoms with van der Waals surface area (Å²) in [5.74, 6) is -3.38. The number of carbonyl (C=O) groups is 1. The fourth-order valence-electron chi connectivity index (χ4n) is 0.846. The smallest absolute Gasteiger partial charge is 0.383 e. The molecule has 0 fully saturated rings. The SMILES string of the molecule is O=C(O)c1ccc([N+](=O)[O-])nc1[N+](=O)[O-]. The van der Waals surface area contributed by atoms with Crippen LogP contribution in [0.1, 0.15) is 10.4 Å². The third kappa shape index (κ3) is 2.02. The number of hydrogen-bond acceptors (Lipinski definition) is 6. The molecule has 0 bridgehead atoms. The summed E-state index contributed by atoms with van der Waals surface area (Å²) in [6, 6.07) is 1.56. The van der Waals surface area contributed by atoms with E-state index in [1.807, 2.05) is 0 Å². The fraction of sp³-hybridized carbons (Fsp3) is 0. The second-order valence-corrected chi connectivity index (χ2v) is 2.36. The highest BCUT2D eigenvalue weighted by Crippen LogP contribution is 2.19. The van der Waals surface area contributed by atoms with Gasteiger partial charge in [0.2, 0.25) is 0 Å². The predicted molar refractivity (Wildman–Crippen MR) is 44.5 cm³/mol. The van der Waals surface area contributed by atoms with Crippen LogP contribution in [0.15, 0.2) is 12.1 Å². The minimum atomic E-state index is -1.57. The van der Waals surface area contributed by atoms with Crippen molar-refractivity contribution in [3.63, 3.8) is 0 Å². The Morgan fingerprint density at radius 3 is 2.27 bits per heavy atom. The molecule has 0 saturated heterocycles. The summed E-state index contributed by atoms with van der Waals surface area (Å²) < 4.78 is 0. The standard InChI is InChI=1S/C6H3N3O6/c10-6(11)3-1-2-4(8(12)13)7-5(3)9(14)15/h1-2H,(H,10,11). The van der Waals surface area contributed by atoms with Gasteiger partial charge in [-0.1, -0.05) is 0 Å². The Morgan fingerprint density at radius 2 is 1.87 bits per heavy atom. The van der Waals surface area contributed by atoms with E-state index in [-0.39, 0.29) is 0 Å². The summed E-state index contributed by atoms with van der Waals surface area (Å²) in [6.07, 6.45) is 0. The van der Waals surface area contributed by atoms with Crippen molar-refractivity contribution in [3.8, 4) is 0 Å². The average molecular weight is 213 g/mol. The zero-order chi connectivity index (χ0) is 11.6. The van der Waals surface area contributed by atoms with E-state index >= 15 is 0 Å². The highest BCUT2D eigenvalue weighted by atomic mass is 16.6. The minimum Gasteiger partial charge on any atom is -0.477 e. The van der Waals surface area contributed by atoms with E-state index in [9.17, 15) is 25.0 Å². The Labute approximate surface area is 81.3 Å². The first-order valence-corrected chi connectivity index (χ1v) is 3.46. The molecule has 0 aliphatic rings. The van der Waals surface area contributed by atoms with Crippen LogP contribution < -0.4 is 0 Å². The molecular weight excluding hydrogens is 210 g/mol. The van der Waals surface area contributed by atoms with Gasteiger partial charge in [0.15, 0.2) is 5.56 Å². The lowest BCUT2D eigenvalue weighted by atomic mass is 10.2. The van der Waals surface area contributed by atoms with Crippen LogP contribution in [0.5, 0.6) is 0 Å². The van der Waals surface area contributed by atoms with Gasteiger partial charge >= 0.3 is 17.6 Å². The van der Waals surface area contributed by atoms with E-state index < -0.39 is 33.0 Å². The van der Waals surface area contributed by atoms with Gasteiger partial charge in [0, 0.05) is 11.1 Å². The molecule has 1 rings (SSSR count). The minimum absolute atomic E-state index is 0.689. The van der Waals surface area contributed by atoms with Crippen molar-refractivity contribution in [3.05, 3.63) is 37.9 Å². The largest absolute Gasteiger partial charge is 0.477 e. The molecule has 15 heavy (non-hydrogen) atoms. The zero-order valence-electron chi connectivity index (χ0n) is 6.98. The quantitative estimate of drug-likeness (QED) is 0.572. The number of aromatic nitrogens is 1. The van der Waals surface area contributed by atoms with Crippen LogP contribution >= 0.6 is 0 Å². The van der Waals surface area contributed by atoms with Gasteiger partial charge in [-0.25, -0.2) is 4.79 Å². The Morgan fingerprint density at radius 1 is 1.27 bits per heavy atom. The number of rotatable bonds is 3. The van der Waals surface area contributed by atoms with Gasteiger partial charge in [-0.3, -0.25) is 0 Å². The number of carboxylic acid groups (broad SMARTS) is 1. The van der Waals surface area contributed by atoms with Crippen LogP contribution in [-0.4, -0.2) is 25.9 Å². The first-order valence-electron chi connectivity index (χ1n) is 3.46. The maximum Gasteiger partial charge on any atom is 0.383 e. The van der Waals surface area contributed by atoms with Gasteiger partial charge in [0.1, 0.15) is 0 Å². The molecule has 0 amide bonds. The van der Waals surface area contributed by atoms with Gasteiger partial charge in [-0.15, -0.1) is 0 Å². The summed E-state index contributed by atoms with van der Waals surface area (Å²) in [4.78, 5) is 32.1. The first kappa shape index (κ1) is 10.5. The Hall–Kier alpha value is -2.58. The van der Waals surface area contributed by atoms with Crippen LogP contribution in [0.4, 0.5) is 11.6 Å². The van der Waals surface area contributed by atoms with Crippen LogP contribution in [0.2, 0.25) is 0 Å². The molecule has 0 saturated carbocycles. The summed E-state index contributed by atoms with van der Waals surface area (Å²) in [5, 5.41) is 29.1. The number of aromatic carboxylic acids is 1. The molecule has 1 aromatic rings. The molecular formula is C6H3N3O6. The predicted octanol–water partition coefficient (Wildman–Crippen LogP) is 0.596. The lowest BCUT2D eigenvalue weighted by molar-refractivity contribution is -0.403. The number of nitrogens with zero attached hydrogens (tertiary/aromatic N) is 3. The molecule has 9 nitrogen and oxygen atoms in total.